The van der Waals surface area contributed by atoms with Gasteiger partial charge in [0, 0.05) is 13.1 Å². The van der Waals surface area contributed by atoms with E-state index in [1.54, 1.807) is 4.90 Å². The summed E-state index contributed by atoms with van der Waals surface area (Å²) < 4.78 is 4.40. The van der Waals surface area contributed by atoms with E-state index in [0.717, 1.165) is 0 Å². The lowest BCUT2D eigenvalue weighted by molar-refractivity contribution is 0.165. The molecule has 54 valence electrons. The van der Waals surface area contributed by atoms with Crippen molar-refractivity contribution in [2.24, 2.45) is 0 Å². The molecule has 3 nitrogen and oxygen atoms in total. The summed E-state index contributed by atoms with van der Waals surface area (Å²) in [7, 11) is 1.93. The molecule has 0 aliphatic carbocycles. The second kappa shape index (κ2) is 4.57. The Labute approximate surface area is 57.7 Å². The number of rotatable bonds is 2. The molecule has 9 heavy (non-hydrogen) atoms. The van der Waals surface area contributed by atoms with Crippen LogP contribution in [0.1, 0.15) is 13.8 Å². The number of carbonyl (C=O) groups is 1. The fourth-order valence-electron chi connectivity index (χ4n) is 0.556. The Bertz CT molecular complexity index is 93.0. The lowest BCUT2D eigenvalue weighted by Gasteiger charge is -2.15. The van der Waals surface area contributed by atoms with Gasteiger partial charge in [0.05, 0.1) is 9.47 Å². The number of hydrogen-bond acceptors (Lipinski definition) is 2. The first-order chi connectivity index (χ1) is 4.26. The molecular weight excluding hydrogens is 137 g/mol. The van der Waals surface area contributed by atoms with Crippen LogP contribution in [0.25, 0.3) is 0 Å². The summed E-state index contributed by atoms with van der Waals surface area (Å²) in [6.07, 6.45) is -0.287. The molecule has 0 aromatic rings. The van der Waals surface area contributed by atoms with Crippen molar-refractivity contribution in [2.45, 2.75) is 13.8 Å². The molecular formula is C5H12NO2P. The average molecular weight is 149 g/mol. The summed E-state index contributed by atoms with van der Waals surface area (Å²) in [6.45, 7) is 5.21. The van der Waals surface area contributed by atoms with Gasteiger partial charge in [-0.2, -0.15) is 0 Å². The highest BCUT2D eigenvalue weighted by Gasteiger charge is 2.06. The van der Waals surface area contributed by atoms with Crippen LogP contribution >= 0.6 is 9.47 Å². The molecule has 0 aliphatic rings. The minimum atomic E-state index is -0.287. The maximum Gasteiger partial charge on any atom is 0.411 e. The highest BCUT2D eigenvalue weighted by Crippen LogP contribution is 1.96. The van der Waals surface area contributed by atoms with E-state index in [1.807, 2.05) is 23.3 Å². The van der Waals surface area contributed by atoms with Crippen LogP contribution < -0.4 is 0 Å². The van der Waals surface area contributed by atoms with E-state index >= 15 is 0 Å². The van der Waals surface area contributed by atoms with Crippen molar-refractivity contribution in [3.8, 4) is 0 Å². The Kier molecular flexibility index (Phi) is 4.41. The second-order valence-electron chi connectivity index (χ2n) is 1.56. The van der Waals surface area contributed by atoms with Gasteiger partial charge in [-0.05, 0) is 13.8 Å². The van der Waals surface area contributed by atoms with E-state index in [4.69, 9.17) is 0 Å². The Morgan fingerprint density at radius 3 is 2.11 bits per heavy atom. The van der Waals surface area contributed by atoms with E-state index < -0.39 is 0 Å². The Balaban J connectivity index is 3.64. The van der Waals surface area contributed by atoms with Crippen molar-refractivity contribution in [1.82, 2.24) is 4.90 Å². The zero-order valence-electron chi connectivity index (χ0n) is 5.76. The molecule has 0 heterocycles. The van der Waals surface area contributed by atoms with Gasteiger partial charge in [-0.25, -0.2) is 4.79 Å². The summed E-state index contributed by atoms with van der Waals surface area (Å²) in [6, 6.07) is 0. The molecule has 0 saturated heterocycles. The van der Waals surface area contributed by atoms with Gasteiger partial charge < -0.3 is 9.42 Å². The van der Waals surface area contributed by atoms with Crippen LogP contribution in [0, 0.1) is 0 Å². The molecule has 1 amide bonds. The first kappa shape index (κ1) is 8.70. The minimum Gasteiger partial charge on any atom is -0.435 e. The van der Waals surface area contributed by atoms with Crippen molar-refractivity contribution in [1.29, 1.82) is 0 Å². The molecule has 4 heteroatoms. The molecule has 0 aromatic heterocycles. The van der Waals surface area contributed by atoms with E-state index in [1.165, 1.54) is 0 Å². The molecule has 1 atom stereocenters. The van der Waals surface area contributed by atoms with Gasteiger partial charge in [0.1, 0.15) is 0 Å². The zero-order valence-corrected chi connectivity index (χ0v) is 6.91. The van der Waals surface area contributed by atoms with E-state index in [-0.39, 0.29) is 6.09 Å². The minimum absolute atomic E-state index is 0.287. The first-order valence-corrected chi connectivity index (χ1v) is 3.39. The number of nitrogens with zero attached hydrogens (tertiary/aromatic N) is 1. The molecule has 0 bridgehead atoms. The van der Waals surface area contributed by atoms with Gasteiger partial charge in [-0.15, -0.1) is 0 Å². The van der Waals surface area contributed by atoms with Crippen molar-refractivity contribution in [2.75, 3.05) is 13.1 Å². The van der Waals surface area contributed by atoms with Gasteiger partial charge in [0.25, 0.3) is 0 Å². The largest absolute Gasteiger partial charge is 0.435 e. The molecule has 0 aromatic carbocycles. The first-order valence-electron chi connectivity index (χ1n) is 2.91. The fourth-order valence-corrected chi connectivity index (χ4v) is 0.705. The third-order valence-electron chi connectivity index (χ3n) is 1.12. The van der Waals surface area contributed by atoms with E-state index in [9.17, 15) is 4.79 Å². The summed E-state index contributed by atoms with van der Waals surface area (Å²) in [5, 5.41) is 0. The van der Waals surface area contributed by atoms with Gasteiger partial charge in [-0.1, -0.05) is 0 Å². The summed E-state index contributed by atoms with van der Waals surface area (Å²) >= 11 is 0. The highest BCUT2D eigenvalue weighted by atomic mass is 31.0. The predicted molar refractivity (Wildman–Crippen MR) is 39.1 cm³/mol. The summed E-state index contributed by atoms with van der Waals surface area (Å²) in [5.74, 6) is 0. The molecule has 0 aliphatic heterocycles. The monoisotopic (exact) mass is 149 g/mol. The summed E-state index contributed by atoms with van der Waals surface area (Å²) in [5.41, 5.74) is 0. The van der Waals surface area contributed by atoms with Crippen LogP contribution in [-0.2, 0) is 4.52 Å². The lowest BCUT2D eigenvalue weighted by atomic mass is 10.6. The normalized spacial score (nSPS) is 8.78. The van der Waals surface area contributed by atoms with Crippen molar-refractivity contribution in [3.05, 3.63) is 0 Å². The van der Waals surface area contributed by atoms with Gasteiger partial charge >= 0.3 is 6.09 Å². The van der Waals surface area contributed by atoms with Crippen LogP contribution in [0.3, 0.4) is 0 Å². The molecule has 0 rings (SSSR count). The Morgan fingerprint density at radius 1 is 1.56 bits per heavy atom. The Morgan fingerprint density at radius 2 is 2.00 bits per heavy atom. The van der Waals surface area contributed by atoms with Crippen LogP contribution in [0.2, 0.25) is 0 Å². The molecule has 0 N–H and O–H groups in total. The predicted octanol–water partition coefficient (Wildman–Crippen LogP) is 1.25. The standard InChI is InChI=1S/C5H12NO2P/c1-3-6(4-2)5(7)8-9/h3-4,9H2,1-2H3. The third kappa shape index (κ3) is 2.66. The van der Waals surface area contributed by atoms with E-state index in [2.05, 4.69) is 4.52 Å². The number of hydrogen-bond donors (Lipinski definition) is 0. The topological polar surface area (TPSA) is 29.5 Å². The highest BCUT2D eigenvalue weighted by molar-refractivity contribution is 7.10. The van der Waals surface area contributed by atoms with Gasteiger partial charge in [-0.3, -0.25) is 0 Å². The van der Waals surface area contributed by atoms with Crippen LogP contribution in [0.4, 0.5) is 4.79 Å². The van der Waals surface area contributed by atoms with Crippen molar-refractivity contribution in [3.63, 3.8) is 0 Å². The SMILES string of the molecule is CCN(CC)C(=O)OP. The third-order valence-corrected chi connectivity index (χ3v) is 1.32. The maximum atomic E-state index is 10.7. The van der Waals surface area contributed by atoms with Gasteiger partial charge in [0.15, 0.2) is 0 Å². The fraction of sp³-hybridized carbons (Fsp3) is 0.800. The zero-order chi connectivity index (χ0) is 7.28. The number of amides is 1. The average Bonchev–Trinajstić information content (AvgIpc) is 1.90. The molecule has 1 unspecified atom stereocenters. The quantitative estimate of drug-likeness (QED) is 0.553. The Hall–Kier alpha value is -0.300. The molecule has 0 saturated carbocycles. The van der Waals surface area contributed by atoms with Crippen molar-refractivity contribution < 1.29 is 9.32 Å². The second-order valence-corrected chi connectivity index (χ2v) is 1.79. The maximum absolute atomic E-state index is 10.7. The van der Waals surface area contributed by atoms with Gasteiger partial charge in [0.2, 0.25) is 0 Å². The molecule has 0 fully saturated rings. The smallest absolute Gasteiger partial charge is 0.411 e. The number of carbonyl (C=O) groups excluding carboxylic acids is 1. The van der Waals surface area contributed by atoms with Crippen LogP contribution in [-0.4, -0.2) is 24.1 Å². The van der Waals surface area contributed by atoms with Crippen molar-refractivity contribution >= 4 is 15.6 Å². The van der Waals surface area contributed by atoms with Crippen LogP contribution in [0.15, 0.2) is 0 Å². The van der Waals surface area contributed by atoms with E-state index in [0.29, 0.717) is 13.1 Å². The summed E-state index contributed by atoms with van der Waals surface area (Å²) in [4.78, 5) is 12.2. The lowest BCUT2D eigenvalue weighted by Crippen LogP contribution is -2.28. The molecule has 0 radical (unpaired) electrons. The van der Waals surface area contributed by atoms with Crippen LogP contribution in [0.5, 0.6) is 0 Å². The molecule has 0 spiro atoms.